The number of hydrogen-bond donors (Lipinski definition) is 0. The van der Waals surface area contributed by atoms with Crippen LogP contribution in [0.25, 0.3) is 10.2 Å². The lowest BCUT2D eigenvalue weighted by molar-refractivity contribution is 0.299. The molecular formula is C12H9N3OS. The third-order valence-electron chi connectivity index (χ3n) is 2.30. The number of ether oxygens (including phenoxy) is 1. The van der Waals surface area contributed by atoms with E-state index in [1.54, 1.807) is 29.8 Å². The molecule has 0 saturated carbocycles. The second-order valence-corrected chi connectivity index (χ2v) is 4.30. The second kappa shape index (κ2) is 4.47. The molecule has 0 bridgehead atoms. The van der Waals surface area contributed by atoms with E-state index in [-0.39, 0.29) is 0 Å². The molecule has 0 aliphatic rings. The van der Waals surface area contributed by atoms with Gasteiger partial charge in [0.1, 0.15) is 17.9 Å². The minimum absolute atomic E-state index is 0.359. The molecule has 17 heavy (non-hydrogen) atoms. The van der Waals surface area contributed by atoms with Gasteiger partial charge >= 0.3 is 0 Å². The zero-order valence-corrected chi connectivity index (χ0v) is 9.72. The van der Waals surface area contributed by atoms with Gasteiger partial charge in [-0.1, -0.05) is 6.07 Å². The number of para-hydroxylation sites is 1. The standard InChI is InChI=1S/C12H9N3OS/c1-3-9(12-10(4-1)17-8-15-12)16-7-11-13-5-2-6-14-11/h1-6,8H,7H2. The summed E-state index contributed by atoms with van der Waals surface area (Å²) >= 11 is 1.60. The van der Waals surface area contributed by atoms with E-state index < -0.39 is 0 Å². The molecule has 0 radical (unpaired) electrons. The summed E-state index contributed by atoms with van der Waals surface area (Å²) in [6, 6.07) is 7.68. The van der Waals surface area contributed by atoms with E-state index in [1.165, 1.54) is 0 Å². The molecule has 0 atom stereocenters. The van der Waals surface area contributed by atoms with Crippen LogP contribution in [0.4, 0.5) is 0 Å². The average Bonchev–Trinajstić information content (AvgIpc) is 2.86. The Kier molecular flexibility index (Phi) is 2.67. The zero-order valence-electron chi connectivity index (χ0n) is 8.91. The van der Waals surface area contributed by atoms with Crippen molar-refractivity contribution >= 4 is 21.6 Å². The summed E-state index contributed by atoms with van der Waals surface area (Å²) in [5.41, 5.74) is 2.71. The summed E-state index contributed by atoms with van der Waals surface area (Å²) in [6.07, 6.45) is 3.41. The van der Waals surface area contributed by atoms with E-state index in [4.69, 9.17) is 4.74 Å². The van der Waals surface area contributed by atoms with Crippen LogP contribution in [-0.2, 0) is 6.61 Å². The summed E-state index contributed by atoms with van der Waals surface area (Å²) in [4.78, 5) is 12.5. The largest absolute Gasteiger partial charge is 0.483 e. The fourth-order valence-corrected chi connectivity index (χ4v) is 2.22. The number of nitrogens with zero attached hydrogens (tertiary/aromatic N) is 3. The molecule has 4 nitrogen and oxygen atoms in total. The molecular weight excluding hydrogens is 234 g/mol. The summed E-state index contributed by atoms with van der Waals surface area (Å²) in [5, 5.41) is 0. The van der Waals surface area contributed by atoms with Crippen LogP contribution in [0.5, 0.6) is 5.75 Å². The van der Waals surface area contributed by atoms with Crippen LogP contribution in [0.1, 0.15) is 5.82 Å². The Morgan fingerprint density at radius 3 is 2.82 bits per heavy atom. The highest BCUT2D eigenvalue weighted by Gasteiger charge is 2.05. The first-order chi connectivity index (χ1) is 8.43. The van der Waals surface area contributed by atoms with E-state index in [1.807, 2.05) is 23.7 Å². The van der Waals surface area contributed by atoms with Crippen LogP contribution < -0.4 is 4.74 Å². The van der Waals surface area contributed by atoms with Crippen molar-refractivity contribution in [3.05, 3.63) is 48.0 Å². The molecule has 0 saturated heterocycles. The Balaban J connectivity index is 1.84. The average molecular weight is 243 g/mol. The van der Waals surface area contributed by atoms with Gasteiger partial charge < -0.3 is 4.74 Å². The van der Waals surface area contributed by atoms with Crippen LogP contribution in [0, 0.1) is 0 Å². The number of benzene rings is 1. The van der Waals surface area contributed by atoms with Gasteiger partial charge in [-0.2, -0.15) is 0 Å². The van der Waals surface area contributed by atoms with Crippen LogP contribution in [0.3, 0.4) is 0 Å². The Labute approximate surface area is 102 Å². The molecule has 84 valence electrons. The molecule has 0 aliphatic carbocycles. The maximum Gasteiger partial charge on any atom is 0.166 e. The summed E-state index contributed by atoms with van der Waals surface area (Å²) in [5.74, 6) is 1.44. The zero-order chi connectivity index (χ0) is 11.5. The fraction of sp³-hybridized carbons (Fsp3) is 0.0833. The Morgan fingerprint density at radius 2 is 1.94 bits per heavy atom. The van der Waals surface area contributed by atoms with Gasteiger partial charge in [-0.15, -0.1) is 11.3 Å². The molecule has 3 rings (SSSR count). The molecule has 5 heteroatoms. The predicted molar refractivity (Wildman–Crippen MR) is 66.0 cm³/mol. The molecule has 0 N–H and O–H groups in total. The van der Waals surface area contributed by atoms with Crippen molar-refractivity contribution in [2.24, 2.45) is 0 Å². The SMILES string of the molecule is c1cnc(COc2cccc3scnc23)nc1. The second-order valence-electron chi connectivity index (χ2n) is 3.41. The highest BCUT2D eigenvalue weighted by molar-refractivity contribution is 7.16. The predicted octanol–water partition coefficient (Wildman–Crippen LogP) is 2.67. The third-order valence-corrected chi connectivity index (χ3v) is 3.09. The van der Waals surface area contributed by atoms with Crippen LogP contribution in [-0.4, -0.2) is 15.0 Å². The number of thiazole rings is 1. The molecule has 0 fully saturated rings. The van der Waals surface area contributed by atoms with Gasteiger partial charge in [-0.05, 0) is 18.2 Å². The molecule has 0 amide bonds. The maximum absolute atomic E-state index is 5.68. The minimum atomic E-state index is 0.359. The molecule has 0 spiro atoms. The summed E-state index contributed by atoms with van der Waals surface area (Å²) < 4.78 is 6.80. The van der Waals surface area contributed by atoms with E-state index >= 15 is 0 Å². The third kappa shape index (κ3) is 2.09. The fourth-order valence-electron chi connectivity index (χ4n) is 1.52. The summed E-state index contributed by atoms with van der Waals surface area (Å²) in [7, 11) is 0. The lowest BCUT2D eigenvalue weighted by Crippen LogP contribution is -2.00. The van der Waals surface area contributed by atoms with Gasteiger partial charge in [0, 0.05) is 12.4 Å². The van der Waals surface area contributed by atoms with Crippen molar-refractivity contribution in [2.75, 3.05) is 0 Å². The topological polar surface area (TPSA) is 47.9 Å². The number of aromatic nitrogens is 3. The first kappa shape index (κ1) is 10.2. The highest BCUT2D eigenvalue weighted by atomic mass is 32.1. The Morgan fingerprint density at radius 1 is 1.06 bits per heavy atom. The highest BCUT2D eigenvalue weighted by Crippen LogP contribution is 2.27. The van der Waals surface area contributed by atoms with Crippen molar-refractivity contribution in [1.82, 2.24) is 15.0 Å². The molecule has 0 aliphatic heterocycles. The molecule has 1 aromatic carbocycles. The lowest BCUT2D eigenvalue weighted by Gasteiger charge is -2.05. The molecule has 0 unspecified atom stereocenters. The van der Waals surface area contributed by atoms with Crippen molar-refractivity contribution < 1.29 is 4.74 Å². The number of rotatable bonds is 3. The smallest absolute Gasteiger partial charge is 0.166 e. The van der Waals surface area contributed by atoms with Crippen molar-refractivity contribution in [3.63, 3.8) is 0 Å². The number of hydrogen-bond acceptors (Lipinski definition) is 5. The maximum atomic E-state index is 5.68. The van der Waals surface area contributed by atoms with Gasteiger partial charge in [0.25, 0.3) is 0 Å². The van der Waals surface area contributed by atoms with Gasteiger partial charge in [-0.25, -0.2) is 15.0 Å². The normalized spacial score (nSPS) is 10.6. The van der Waals surface area contributed by atoms with E-state index in [2.05, 4.69) is 15.0 Å². The minimum Gasteiger partial charge on any atom is -0.483 e. The summed E-state index contributed by atoms with van der Waals surface area (Å²) in [6.45, 7) is 0.359. The van der Waals surface area contributed by atoms with Crippen molar-refractivity contribution in [3.8, 4) is 5.75 Å². The van der Waals surface area contributed by atoms with E-state index in [0.717, 1.165) is 16.0 Å². The Hall–Kier alpha value is -2.01. The molecule has 2 heterocycles. The van der Waals surface area contributed by atoms with E-state index in [9.17, 15) is 0 Å². The molecule has 2 aromatic heterocycles. The molecule has 3 aromatic rings. The van der Waals surface area contributed by atoms with Gasteiger partial charge in [0.15, 0.2) is 5.82 Å². The van der Waals surface area contributed by atoms with Gasteiger partial charge in [-0.3, -0.25) is 0 Å². The van der Waals surface area contributed by atoms with Crippen LogP contribution in [0.2, 0.25) is 0 Å². The van der Waals surface area contributed by atoms with Crippen molar-refractivity contribution in [2.45, 2.75) is 6.61 Å². The van der Waals surface area contributed by atoms with Gasteiger partial charge in [0.05, 0.1) is 10.2 Å². The quantitative estimate of drug-likeness (QED) is 0.709. The van der Waals surface area contributed by atoms with Crippen molar-refractivity contribution in [1.29, 1.82) is 0 Å². The van der Waals surface area contributed by atoms with Crippen LogP contribution >= 0.6 is 11.3 Å². The monoisotopic (exact) mass is 243 g/mol. The van der Waals surface area contributed by atoms with Crippen LogP contribution in [0.15, 0.2) is 42.2 Å². The van der Waals surface area contributed by atoms with E-state index in [0.29, 0.717) is 12.4 Å². The number of fused-ring (bicyclic) bond motifs is 1. The Bertz CT molecular complexity index is 624. The first-order valence-electron chi connectivity index (χ1n) is 5.14. The van der Waals surface area contributed by atoms with Gasteiger partial charge in [0.2, 0.25) is 0 Å². The first-order valence-corrected chi connectivity index (χ1v) is 6.02. The lowest BCUT2D eigenvalue weighted by atomic mass is 10.3.